The summed E-state index contributed by atoms with van der Waals surface area (Å²) < 4.78 is 5.63. The molecule has 5 heteroatoms. The Labute approximate surface area is 122 Å². The lowest BCUT2D eigenvalue weighted by atomic mass is 10.1. The quantitative estimate of drug-likeness (QED) is 0.477. The van der Waals surface area contributed by atoms with E-state index in [0.29, 0.717) is 16.9 Å². The van der Waals surface area contributed by atoms with Crippen LogP contribution >= 0.6 is 0 Å². The number of nitrogens with zero attached hydrogens (tertiary/aromatic N) is 1. The zero-order valence-electron chi connectivity index (χ0n) is 11.8. The molecule has 0 aromatic heterocycles. The fourth-order valence-electron chi connectivity index (χ4n) is 2.01. The van der Waals surface area contributed by atoms with Crippen LogP contribution in [0, 0.1) is 17.0 Å². The Morgan fingerprint density at radius 2 is 1.95 bits per heavy atom. The molecule has 0 unspecified atom stereocenters. The van der Waals surface area contributed by atoms with Crippen molar-refractivity contribution in [3.8, 4) is 5.75 Å². The molecule has 5 nitrogen and oxygen atoms in total. The molecule has 2 rings (SSSR count). The molecule has 0 radical (unpaired) electrons. The first kappa shape index (κ1) is 14.7. The van der Waals surface area contributed by atoms with Crippen LogP contribution in [0.15, 0.2) is 42.5 Å². The molecule has 0 heterocycles. The van der Waals surface area contributed by atoms with E-state index in [1.54, 1.807) is 30.3 Å². The van der Waals surface area contributed by atoms with Crippen molar-refractivity contribution < 1.29 is 14.5 Å². The zero-order chi connectivity index (χ0) is 15.4. The van der Waals surface area contributed by atoms with Crippen LogP contribution in [0.2, 0.25) is 0 Å². The van der Waals surface area contributed by atoms with E-state index in [2.05, 4.69) is 0 Å². The first-order valence-electron chi connectivity index (χ1n) is 6.45. The standard InChI is InChI=1S/C16H15NO4/c1-11-7-8-14(12(2)18)16(9-11)21-10-13-5-3-4-6-15(13)17(19)20/h3-9H,10H2,1-2H3. The first-order chi connectivity index (χ1) is 9.99. The number of hydrogen-bond donors (Lipinski definition) is 0. The van der Waals surface area contributed by atoms with E-state index in [9.17, 15) is 14.9 Å². The molecule has 21 heavy (non-hydrogen) atoms. The lowest BCUT2D eigenvalue weighted by molar-refractivity contribution is -0.385. The van der Waals surface area contributed by atoms with Crippen LogP contribution in [-0.2, 0) is 6.61 Å². The number of ketones is 1. The topological polar surface area (TPSA) is 69.4 Å². The third-order valence-corrected chi connectivity index (χ3v) is 3.09. The number of aryl methyl sites for hydroxylation is 1. The van der Waals surface area contributed by atoms with Crippen LogP contribution in [-0.4, -0.2) is 10.7 Å². The molecule has 0 amide bonds. The fourth-order valence-corrected chi connectivity index (χ4v) is 2.01. The van der Waals surface area contributed by atoms with Gasteiger partial charge < -0.3 is 4.74 Å². The molecule has 0 aliphatic rings. The number of rotatable bonds is 5. The summed E-state index contributed by atoms with van der Waals surface area (Å²) in [7, 11) is 0. The second kappa shape index (κ2) is 6.17. The van der Waals surface area contributed by atoms with Crippen LogP contribution in [0.1, 0.15) is 28.4 Å². The van der Waals surface area contributed by atoms with Gasteiger partial charge in [0.2, 0.25) is 0 Å². The molecule has 0 spiro atoms. The van der Waals surface area contributed by atoms with Crippen molar-refractivity contribution in [3.05, 3.63) is 69.3 Å². The van der Waals surface area contributed by atoms with E-state index in [-0.39, 0.29) is 18.1 Å². The summed E-state index contributed by atoms with van der Waals surface area (Å²) >= 11 is 0. The van der Waals surface area contributed by atoms with E-state index in [1.807, 2.05) is 13.0 Å². The van der Waals surface area contributed by atoms with Gasteiger partial charge in [0.15, 0.2) is 5.78 Å². The van der Waals surface area contributed by atoms with Gasteiger partial charge in [-0.3, -0.25) is 14.9 Å². The van der Waals surface area contributed by atoms with Gasteiger partial charge in [0.25, 0.3) is 5.69 Å². The molecule has 0 atom stereocenters. The smallest absolute Gasteiger partial charge is 0.276 e. The summed E-state index contributed by atoms with van der Waals surface area (Å²) in [6.07, 6.45) is 0. The predicted octanol–water partition coefficient (Wildman–Crippen LogP) is 3.68. The van der Waals surface area contributed by atoms with Gasteiger partial charge in [-0.25, -0.2) is 0 Å². The van der Waals surface area contributed by atoms with Crippen molar-refractivity contribution in [3.63, 3.8) is 0 Å². The predicted molar refractivity (Wildman–Crippen MR) is 78.6 cm³/mol. The van der Waals surface area contributed by atoms with Crippen molar-refractivity contribution >= 4 is 11.5 Å². The number of para-hydroxylation sites is 1. The largest absolute Gasteiger partial charge is 0.488 e. The Balaban J connectivity index is 2.27. The Hall–Kier alpha value is -2.69. The lowest BCUT2D eigenvalue weighted by Crippen LogP contribution is -2.04. The summed E-state index contributed by atoms with van der Waals surface area (Å²) in [5.41, 5.74) is 1.91. The number of carbonyl (C=O) groups is 1. The summed E-state index contributed by atoms with van der Waals surface area (Å²) in [5.74, 6) is 0.341. The Morgan fingerprint density at radius 1 is 1.24 bits per heavy atom. The molecule has 0 fully saturated rings. The van der Waals surface area contributed by atoms with Gasteiger partial charge in [0.05, 0.1) is 16.1 Å². The molecule has 0 N–H and O–H groups in total. The molecular formula is C16H15NO4. The van der Waals surface area contributed by atoms with Crippen LogP contribution in [0.5, 0.6) is 5.75 Å². The minimum atomic E-state index is -0.444. The van der Waals surface area contributed by atoms with Crippen molar-refractivity contribution in [2.75, 3.05) is 0 Å². The minimum absolute atomic E-state index is 0.00882. The van der Waals surface area contributed by atoms with E-state index in [0.717, 1.165) is 5.56 Å². The fraction of sp³-hybridized carbons (Fsp3) is 0.188. The Bertz CT molecular complexity index is 694. The highest BCUT2D eigenvalue weighted by atomic mass is 16.6. The molecule has 0 saturated carbocycles. The van der Waals surface area contributed by atoms with E-state index in [4.69, 9.17) is 4.74 Å². The second-order valence-corrected chi connectivity index (χ2v) is 4.73. The number of nitro benzene ring substituents is 1. The highest BCUT2D eigenvalue weighted by Crippen LogP contribution is 2.24. The summed E-state index contributed by atoms with van der Waals surface area (Å²) in [4.78, 5) is 22.1. The minimum Gasteiger partial charge on any atom is -0.488 e. The third kappa shape index (κ3) is 3.45. The van der Waals surface area contributed by atoms with Gasteiger partial charge in [-0.2, -0.15) is 0 Å². The maximum absolute atomic E-state index is 11.6. The summed E-state index contributed by atoms with van der Waals surface area (Å²) in [6.45, 7) is 3.39. The SMILES string of the molecule is CC(=O)c1ccc(C)cc1OCc1ccccc1[N+](=O)[O-]. The van der Waals surface area contributed by atoms with Gasteiger partial charge in [-0.15, -0.1) is 0 Å². The second-order valence-electron chi connectivity index (χ2n) is 4.73. The maximum atomic E-state index is 11.6. The molecule has 0 saturated heterocycles. The van der Waals surface area contributed by atoms with Crippen molar-refractivity contribution in [2.45, 2.75) is 20.5 Å². The first-order valence-corrected chi connectivity index (χ1v) is 6.45. The van der Waals surface area contributed by atoms with E-state index in [1.165, 1.54) is 13.0 Å². The van der Waals surface area contributed by atoms with Gasteiger partial charge >= 0.3 is 0 Å². The highest BCUT2D eigenvalue weighted by Gasteiger charge is 2.14. The number of nitro groups is 1. The van der Waals surface area contributed by atoms with Crippen LogP contribution < -0.4 is 4.74 Å². The highest BCUT2D eigenvalue weighted by molar-refractivity contribution is 5.96. The van der Waals surface area contributed by atoms with Gasteiger partial charge in [-0.05, 0) is 37.6 Å². The third-order valence-electron chi connectivity index (χ3n) is 3.09. The Kier molecular flexibility index (Phi) is 4.33. The average molecular weight is 285 g/mol. The van der Waals surface area contributed by atoms with Crippen LogP contribution in [0.4, 0.5) is 5.69 Å². The van der Waals surface area contributed by atoms with Gasteiger partial charge in [0.1, 0.15) is 12.4 Å². The molecular weight excluding hydrogens is 270 g/mol. The van der Waals surface area contributed by atoms with Crippen LogP contribution in [0.25, 0.3) is 0 Å². The number of hydrogen-bond acceptors (Lipinski definition) is 4. The van der Waals surface area contributed by atoms with Crippen molar-refractivity contribution in [1.29, 1.82) is 0 Å². The van der Waals surface area contributed by atoms with Crippen molar-refractivity contribution in [1.82, 2.24) is 0 Å². The normalized spacial score (nSPS) is 10.2. The molecule has 108 valence electrons. The molecule has 2 aromatic rings. The molecule has 0 aliphatic heterocycles. The number of ether oxygens (including phenoxy) is 1. The zero-order valence-corrected chi connectivity index (χ0v) is 11.8. The summed E-state index contributed by atoms with van der Waals surface area (Å²) in [6, 6.07) is 11.7. The van der Waals surface area contributed by atoms with Gasteiger partial charge in [0, 0.05) is 6.07 Å². The lowest BCUT2D eigenvalue weighted by Gasteiger charge is -2.11. The average Bonchev–Trinajstić information content (AvgIpc) is 2.45. The van der Waals surface area contributed by atoms with Crippen molar-refractivity contribution in [2.24, 2.45) is 0 Å². The summed E-state index contributed by atoms with van der Waals surface area (Å²) in [5, 5.41) is 11.0. The number of benzene rings is 2. The molecule has 2 aromatic carbocycles. The van der Waals surface area contributed by atoms with Gasteiger partial charge in [-0.1, -0.05) is 18.2 Å². The number of Topliss-reactive ketones (excluding diaryl/α,β-unsaturated/α-hetero) is 1. The van der Waals surface area contributed by atoms with E-state index >= 15 is 0 Å². The van der Waals surface area contributed by atoms with Crippen LogP contribution in [0.3, 0.4) is 0 Å². The number of carbonyl (C=O) groups excluding carboxylic acids is 1. The monoisotopic (exact) mass is 285 g/mol. The molecule has 0 aliphatic carbocycles. The molecule has 0 bridgehead atoms. The Morgan fingerprint density at radius 3 is 2.62 bits per heavy atom. The maximum Gasteiger partial charge on any atom is 0.276 e. The van der Waals surface area contributed by atoms with E-state index < -0.39 is 4.92 Å².